The Labute approximate surface area is 295 Å². The number of anilines is 4. The summed E-state index contributed by atoms with van der Waals surface area (Å²) in [5.74, 6) is 0.360. The zero-order chi connectivity index (χ0) is 34.7. The van der Waals surface area contributed by atoms with Crippen LogP contribution < -0.4 is 20.9 Å². The van der Waals surface area contributed by atoms with Gasteiger partial charge in [-0.15, -0.1) is 10.2 Å². The maximum absolute atomic E-state index is 13.2. The summed E-state index contributed by atoms with van der Waals surface area (Å²) in [4.78, 5) is 34.3. The van der Waals surface area contributed by atoms with E-state index < -0.39 is 16.1 Å². The van der Waals surface area contributed by atoms with Crippen LogP contribution in [0, 0.1) is 5.92 Å². The summed E-state index contributed by atoms with van der Waals surface area (Å²) in [7, 11) is 14.1. The fourth-order valence-electron chi connectivity index (χ4n) is 6.56. The zero-order valence-electron chi connectivity index (χ0n) is 27.9. The molecule has 252 valence electrons. The predicted molar refractivity (Wildman–Crippen MR) is 192 cm³/mol. The third-order valence-corrected chi connectivity index (χ3v) is 11.0. The van der Waals surface area contributed by atoms with Gasteiger partial charge in [-0.3, -0.25) is 18.5 Å². The monoisotopic (exact) mass is 686 g/mol. The number of aromatic nitrogens is 5. The number of likely N-dealkylation sites (tertiary alicyclic amines) is 1. The Balaban J connectivity index is 1.04. The fraction of sp³-hybridized carbons (Fsp3) is 0.412. The molecule has 1 unspecified atom stereocenters. The number of hydrogen-bond donors (Lipinski definition) is 3. The average Bonchev–Trinajstić information content (AvgIpc) is 4.03. The SMILES string of the molecule is [B]C([B])(c1cccc(S(=O)CC)n1)N1CC(n2ncc3c2CN(C)c2c(Nc4cc(NC(=O)C5CC5)nnc4C(=O)NC4CC4)cccc2-3)C1. The van der Waals surface area contributed by atoms with Gasteiger partial charge in [-0.25, -0.2) is 4.98 Å². The fourth-order valence-corrected chi connectivity index (χ4v) is 7.29. The molecule has 4 radical (unpaired) electrons. The molecule has 1 aromatic carbocycles. The first-order chi connectivity index (χ1) is 24.1. The van der Waals surface area contributed by atoms with E-state index in [4.69, 9.17) is 20.8 Å². The van der Waals surface area contributed by atoms with E-state index in [1.54, 1.807) is 24.3 Å². The molecule has 13 nitrogen and oxygen atoms in total. The number of pyridine rings is 1. The van der Waals surface area contributed by atoms with Crippen molar-refractivity contribution in [2.75, 3.05) is 41.4 Å². The molecule has 50 heavy (non-hydrogen) atoms. The minimum absolute atomic E-state index is 0.000199. The van der Waals surface area contributed by atoms with Gasteiger partial charge in [-0.1, -0.05) is 25.1 Å². The number of benzene rings is 1. The highest BCUT2D eigenvalue weighted by atomic mass is 32.2. The number of nitrogens with zero attached hydrogens (tertiary/aromatic N) is 7. The largest absolute Gasteiger partial charge is 0.366 e. The van der Waals surface area contributed by atoms with Gasteiger partial charge in [-0.05, 0) is 49.2 Å². The molecule has 16 heteroatoms. The summed E-state index contributed by atoms with van der Waals surface area (Å²) >= 11 is 0. The molecule has 2 aliphatic carbocycles. The normalized spacial score (nSPS) is 18.1. The molecule has 1 atom stereocenters. The van der Waals surface area contributed by atoms with Crippen molar-refractivity contribution < 1.29 is 13.8 Å². The lowest BCUT2D eigenvalue weighted by atomic mass is 9.57. The number of amides is 2. The maximum atomic E-state index is 13.2. The van der Waals surface area contributed by atoms with Gasteiger partial charge < -0.3 is 25.8 Å². The lowest BCUT2D eigenvalue weighted by Crippen LogP contribution is -2.60. The Bertz CT molecular complexity index is 2030. The van der Waals surface area contributed by atoms with E-state index in [1.807, 2.05) is 37.2 Å². The average molecular weight is 686 g/mol. The molecule has 3 aromatic heterocycles. The van der Waals surface area contributed by atoms with Gasteiger partial charge in [0.15, 0.2) is 11.5 Å². The molecule has 3 fully saturated rings. The Morgan fingerprint density at radius 2 is 1.80 bits per heavy atom. The standard InChI is InChI=1S/C34H36B2N10O3S/c1-3-50(49)29-9-5-8-27(40-29)34(35,36)45-16-21(17-45)46-26-18-44(2)31-22(23(26)15-37-46)6-4-7-24(31)39-25-14-28(41-32(47)19-10-11-19)42-43-30(25)33(48)38-20-12-13-20/h4-9,14-15,19-21H,3,10-13,16-18H2,1-2H3,(H,38,48)(H2,39,41,42,47). The van der Waals surface area contributed by atoms with E-state index in [-0.39, 0.29) is 35.5 Å². The van der Waals surface area contributed by atoms with Gasteiger partial charge in [0.05, 0.1) is 68.0 Å². The van der Waals surface area contributed by atoms with E-state index in [0.29, 0.717) is 47.6 Å². The number of para-hydroxylation sites is 1. The molecule has 3 N–H and O–H groups in total. The molecule has 2 aliphatic heterocycles. The predicted octanol–water partition coefficient (Wildman–Crippen LogP) is 2.80. The van der Waals surface area contributed by atoms with Crippen molar-refractivity contribution in [1.29, 1.82) is 0 Å². The number of nitrogens with one attached hydrogen (secondary N) is 3. The highest BCUT2D eigenvalue weighted by Gasteiger charge is 2.41. The van der Waals surface area contributed by atoms with Crippen LogP contribution in [0.3, 0.4) is 0 Å². The van der Waals surface area contributed by atoms with Gasteiger partial charge in [0.1, 0.15) is 5.03 Å². The molecule has 8 rings (SSSR count). The summed E-state index contributed by atoms with van der Waals surface area (Å²) in [6.45, 7) is 3.58. The van der Waals surface area contributed by atoms with Crippen LogP contribution in [0.2, 0.25) is 0 Å². The Morgan fingerprint density at radius 1 is 1.02 bits per heavy atom. The summed E-state index contributed by atoms with van der Waals surface area (Å²) < 4.78 is 14.4. The first kappa shape index (κ1) is 32.6. The Morgan fingerprint density at radius 3 is 2.54 bits per heavy atom. The van der Waals surface area contributed by atoms with Crippen molar-refractivity contribution >= 4 is 61.2 Å². The number of rotatable bonds is 11. The van der Waals surface area contributed by atoms with Crippen molar-refractivity contribution in [3.63, 3.8) is 0 Å². The Kier molecular flexibility index (Phi) is 8.25. The van der Waals surface area contributed by atoms with Gasteiger partial charge in [-0.2, -0.15) is 5.10 Å². The highest BCUT2D eigenvalue weighted by molar-refractivity contribution is 7.84. The van der Waals surface area contributed by atoms with Crippen LogP contribution in [0.5, 0.6) is 0 Å². The molecule has 2 saturated carbocycles. The van der Waals surface area contributed by atoms with Crippen molar-refractivity contribution in [3.05, 3.63) is 65.7 Å². The quantitative estimate of drug-likeness (QED) is 0.201. The van der Waals surface area contributed by atoms with Crippen LogP contribution in [0.15, 0.2) is 53.7 Å². The van der Waals surface area contributed by atoms with E-state index in [9.17, 15) is 13.8 Å². The van der Waals surface area contributed by atoms with Crippen molar-refractivity contribution in [2.24, 2.45) is 5.92 Å². The van der Waals surface area contributed by atoms with Crippen LogP contribution in [0.4, 0.5) is 22.9 Å². The summed E-state index contributed by atoms with van der Waals surface area (Å²) in [5.41, 5.74) is 5.89. The number of carbonyl (C=O) groups is 2. The molecular formula is C34H36B2N10O3S. The third-order valence-electron chi connectivity index (χ3n) is 9.74. The second-order valence-electron chi connectivity index (χ2n) is 13.5. The first-order valence-electron chi connectivity index (χ1n) is 17.0. The molecule has 4 aromatic rings. The molecule has 0 spiro atoms. The van der Waals surface area contributed by atoms with E-state index >= 15 is 0 Å². The van der Waals surface area contributed by atoms with Crippen LogP contribution in [0.1, 0.15) is 60.5 Å². The Hall–Kier alpha value is -4.56. The van der Waals surface area contributed by atoms with Gasteiger partial charge in [0.25, 0.3) is 5.91 Å². The number of carbonyl (C=O) groups excluding carboxylic acids is 2. The molecule has 2 amide bonds. The molecular weight excluding hydrogens is 650 g/mol. The number of fused-ring (bicyclic) bond motifs is 3. The first-order valence-corrected chi connectivity index (χ1v) is 18.3. The van der Waals surface area contributed by atoms with Crippen LogP contribution >= 0.6 is 0 Å². The van der Waals surface area contributed by atoms with Crippen molar-refractivity contribution in [3.8, 4) is 11.1 Å². The van der Waals surface area contributed by atoms with Gasteiger partial charge in [0.2, 0.25) is 5.91 Å². The smallest absolute Gasteiger partial charge is 0.274 e. The van der Waals surface area contributed by atoms with E-state index in [2.05, 4.69) is 46.8 Å². The van der Waals surface area contributed by atoms with Gasteiger partial charge >= 0.3 is 0 Å². The van der Waals surface area contributed by atoms with Crippen molar-refractivity contribution in [2.45, 2.75) is 61.6 Å². The summed E-state index contributed by atoms with van der Waals surface area (Å²) in [6, 6.07) is 13.1. The van der Waals surface area contributed by atoms with Crippen LogP contribution in [0.25, 0.3) is 11.1 Å². The summed E-state index contributed by atoms with van der Waals surface area (Å²) in [5, 5.41) is 21.7. The lowest BCUT2D eigenvalue weighted by Gasteiger charge is -2.50. The van der Waals surface area contributed by atoms with E-state index in [1.165, 1.54) is 0 Å². The highest BCUT2D eigenvalue weighted by Crippen LogP contribution is 2.45. The third kappa shape index (κ3) is 6.08. The van der Waals surface area contributed by atoms with Gasteiger partial charge in [0, 0.05) is 60.7 Å². The van der Waals surface area contributed by atoms with Crippen LogP contribution in [-0.2, 0) is 27.5 Å². The van der Waals surface area contributed by atoms with Crippen molar-refractivity contribution in [1.82, 2.24) is 35.2 Å². The van der Waals surface area contributed by atoms with Crippen LogP contribution in [-0.4, -0.2) is 93.5 Å². The topological polar surface area (TPSA) is 150 Å². The maximum Gasteiger partial charge on any atom is 0.274 e. The minimum Gasteiger partial charge on any atom is -0.366 e. The summed E-state index contributed by atoms with van der Waals surface area (Å²) in [6.07, 6.45) is 5.50. The second kappa shape index (κ2) is 12.6. The molecule has 4 aliphatic rings. The zero-order valence-corrected chi connectivity index (χ0v) is 28.7. The minimum atomic E-state index is -1.32. The molecule has 0 bridgehead atoms. The molecule has 5 heterocycles. The molecule has 1 saturated heterocycles. The lowest BCUT2D eigenvalue weighted by molar-refractivity contribution is -0.117. The second-order valence-corrected chi connectivity index (χ2v) is 15.2. The number of hydrogen-bond acceptors (Lipinski definition) is 10. The van der Waals surface area contributed by atoms with E-state index in [0.717, 1.165) is 53.9 Å².